The number of hydrogen-bond donors (Lipinski definition) is 2. The maximum Gasteiger partial charge on any atom is 0.270 e. The number of thiophene rings is 1. The minimum Gasteiger partial charge on any atom is -0.349 e. The van der Waals surface area contributed by atoms with Gasteiger partial charge in [0, 0.05) is 18.0 Å². The lowest BCUT2D eigenvalue weighted by Gasteiger charge is -2.10. The monoisotopic (exact) mass is 371 g/mol. The van der Waals surface area contributed by atoms with Crippen molar-refractivity contribution in [2.24, 2.45) is 0 Å². The molecule has 20 heavy (non-hydrogen) atoms. The average molecular weight is 372 g/mol. The van der Waals surface area contributed by atoms with Crippen LogP contribution in [0.3, 0.4) is 0 Å². The molecule has 0 saturated carbocycles. The molecule has 1 atom stereocenters. The molecule has 1 aliphatic heterocycles. The Labute approximate surface area is 133 Å². The first-order chi connectivity index (χ1) is 9.72. The van der Waals surface area contributed by atoms with Gasteiger partial charge in [0.05, 0.1) is 8.66 Å². The van der Waals surface area contributed by atoms with Crippen molar-refractivity contribution in [2.75, 3.05) is 13.1 Å². The second kappa shape index (κ2) is 6.34. The Morgan fingerprint density at radius 1 is 1.55 bits per heavy atom. The molecule has 106 valence electrons. The van der Waals surface area contributed by atoms with E-state index in [0.717, 1.165) is 26.6 Å². The van der Waals surface area contributed by atoms with E-state index in [1.807, 2.05) is 17.5 Å². The van der Waals surface area contributed by atoms with E-state index in [-0.39, 0.29) is 5.91 Å². The van der Waals surface area contributed by atoms with E-state index < -0.39 is 0 Å². The van der Waals surface area contributed by atoms with Gasteiger partial charge in [0.25, 0.3) is 5.91 Å². The first-order valence-corrected chi connectivity index (χ1v) is 8.94. The molecule has 1 amide bonds. The summed E-state index contributed by atoms with van der Waals surface area (Å²) in [5.74, 6) is -0.0863. The summed E-state index contributed by atoms with van der Waals surface area (Å²) in [6.07, 6.45) is 2.32. The van der Waals surface area contributed by atoms with Crippen LogP contribution in [0.5, 0.6) is 0 Å². The SMILES string of the molecule is O=C(NCC1CCCN1)c1csc(-c2ccc(Br)s2)n1. The summed E-state index contributed by atoms with van der Waals surface area (Å²) in [5.41, 5.74) is 0.507. The van der Waals surface area contributed by atoms with Crippen LogP contribution in [0.2, 0.25) is 0 Å². The van der Waals surface area contributed by atoms with Gasteiger partial charge in [0.1, 0.15) is 10.7 Å². The molecule has 1 saturated heterocycles. The van der Waals surface area contributed by atoms with Gasteiger partial charge in [-0.15, -0.1) is 22.7 Å². The topological polar surface area (TPSA) is 54.0 Å². The molecule has 0 aliphatic carbocycles. The number of amides is 1. The predicted octanol–water partition coefficient (Wildman–Crippen LogP) is 3.12. The Morgan fingerprint density at radius 3 is 3.15 bits per heavy atom. The minimum atomic E-state index is -0.0863. The van der Waals surface area contributed by atoms with Gasteiger partial charge in [-0.2, -0.15) is 0 Å². The average Bonchev–Trinajstić information content (AvgIpc) is 3.16. The highest BCUT2D eigenvalue weighted by atomic mass is 79.9. The van der Waals surface area contributed by atoms with Crippen LogP contribution in [0.4, 0.5) is 0 Å². The summed E-state index contributed by atoms with van der Waals surface area (Å²) in [6, 6.07) is 4.41. The van der Waals surface area contributed by atoms with Crippen molar-refractivity contribution in [3.05, 3.63) is 27.0 Å². The van der Waals surface area contributed by atoms with Gasteiger partial charge >= 0.3 is 0 Å². The Kier molecular flexibility index (Phi) is 4.50. The Bertz CT molecular complexity index is 604. The second-order valence-electron chi connectivity index (χ2n) is 4.64. The zero-order chi connectivity index (χ0) is 13.9. The Hall–Kier alpha value is -0.760. The van der Waals surface area contributed by atoms with Crippen LogP contribution in [0.15, 0.2) is 21.3 Å². The molecule has 3 rings (SSSR count). The summed E-state index contributed by atoms with van der Waals surface area (Å²) in [6.45, 7) is 1.73. The fraction of sp³-hybridized carbons (Fsp3) is 0.385. The molecule has 3 heterocycles. The molecule has 7 heteroatoms. The molecule has 1 fully saturated rings. The molecule has 0 aromatic carbocycles. The number of halogens is 1. The van der Waals surface area contributed by atoms with Crippen LogP contribution < -0.4 is 10.6 Å². The second-order valence-corrected chi connectivity index (χ2v) is 7.97. The van der Waals surface area contributed by atoms with E-state index in [0.29, 0.717) is 18.3 Å². The van der Waals surface area contributed by atoms with Gasteiger partial charge in [0.15, 0.2) is 0 Å². The van der Waals surface area contributed by atoms with Gasteiger partial charge in [0.2, 0.25) is 0 Å². The van der Waals surface area contributed by atoms with Crippen molar-refractivity contribution in [3.8, 4) is 9.88 Å². The zero-order valence-corrected chi connectivity index (χ0v) is 13.9. The molecule has 4 nitrogen and oxygen atoms in total. The molecule has 0 radical (unpaired) electrons. The molecule has 2 aromatic rings. The summed E-state index contributed by atoms with van der Waals surface area (Å²) in [5, 5.41) is 9.02. The number of thiazole rings is 1. The first kappa shape index (κ1) is 14.2. The number of carbonyl (C=O) groups is 1. The van der Waals surface area contributed by atoms with Crippen LogP contribution in [0, 0.1) is 0 Å². The number of aromatic nitrogens is 1. The predicted molar refractivity (Wildman–Crippen MR) is 86.5 cm³/mol. The van der Waals surface area contributed by atoms with Crippen molar-refractivity contribution in [3.63, 3.8) is 0 Å². The fourth-order valence-corrected chi connectivity index (χ4v) is 4.42. The molecular formula is C13H14BrN3OS2. The third-order valence-corrected chi connectivity index (χ3v) is 5.83. The van der Waals surface area contributed by atoms with E-state index in [2.05, 4.69) is 31.5 Å². The lowest BCUT2D eigenvalue weighted by molar-refractivity contribution is 0.0946. The van der Waals surface area contributed by atoms with Crippen molar-refractivity contribution < 1.29 is 4.79 Å². The standard InChI is InChI=1S/C13H14BrN3OS2/c14-11-4-3-10(20-11)13-17-9(7-19-13)12(18)16-6-8-2-1-5-15-8/h3-4,7-8,15H,1-2,5-6H2,(H,16,18). The summed E-state index contributed by atoms with van der Waals surface area (Å²) >= 11 is 6.56. The van der Waals surface area contributed by atoms with Crippen LogP contribution in [-0.2, 0) is 0 Å². The maximum atomic E-state index is 12.1. The van der Waals surface area contributed by atoms with Crippen LogP contribution in [0.25, 0.3) is 9.88 Å². The molecule has 0 spiro atoms. The zero-order valence-electron chi connectivity index (χ0n) is 10.7. The fourth-order valence-electron chi connectivity index (χ4n) is 2.16. The summed E-state index contributed by atoms with van der Waals surface area (Å²) in [7, 11) is 0. The van der Waals surface area contributed by atoms with Crippen LogP contribution >= 0.6 is 38.6 Å². The minimum absolute atomic E-state index is 0.0863. The van der Waals surface area contributed by atoms with Gasteiger partial charge in [-0.25, -0.2) is 4.98 Å². The van der Waals surface area contributed by atoms with E-state index in [9.17, 15) is 4.79 Å². The van der Waals surface area contributed by atoms with Gasteiger partial charge in [-0.1, -0.05) is 0 Å². The number of carbonyl (C=O) groups excluding carboxylic acids is 1. The van der Waals surface area contributed by atoms with Gasteiger partial charge in [-0.05, 0) is 47.4 Å². The van der Waals surface area contributed by atoms with E-state index >= 15 is 0 Å². The van der Waals surface area contributed by atoms with Gasteiger partial charge in [-0.3, -0.25) is 4.79 Å². The maximum absolute atomic E-state index is 12.1. The van der Waals surface area contributed by atoms with Crippen LogP contribution in [-0.4, -0.2) is 30.0 Å². The van der Waals surface area contributed by atoms with Crippen molar-refractivity contribution >= 4 is 44.5 Å². The molecule has 2 aromatic heterocycles. The smallest absolute Gasteiger partial charge is 0.270 e. The van der Waals surface area contributed by atoms with Crippen molar-refractivity contribution in [2.45, 2.75) is 18.9 Å². The van der Waals surface area contributed by atoms with Crippen molar-refractivity contribution in [1.82, 2.24) is 15.6 Å². The Balaban J connectivity index is 1.62. The number of hydrogen-bond acceptors (Lipinski definition) is 5. The Morgan fingerprint density at radius 2 is 2.45 bits per heavy atom. The normalized spacial score (nSPS) is 18.4. The summed E-state index contributed by atoms with van der Waals surface area (Å²) < 4.78 is 1.07. The molecule has 0 bridgehead atoms. The van der Waals surface area contributed by atoms with E-state index in [1.165, 1.54) is 17.8 Å². The quantitative estimate of drug-likeness (QED) is 0.867. The largest absolute Gasteiger partial charge is 0.349 e. The highest BCUT2D eigenvalue weighted by molar-refractivity contribution is 9.11. The summed E-state index contributed by atoms with van der Waals surface area (Å²) in [4.78, 5) is 17.5. The van der Waals surface area contributed by atoms with E-state index in [4.69, 9.17) is 0 Å². The molecule has 2 N–H and O–H groups in total. The molecule has 1 unspecified atom stereocenters. The van der Waals surface area contributed by atoms with Crippen molar-refractivity contribution in [1.29, 1.82) is 0 Å². The third kappa shape index (κ3) is 3.28. The number of rotatable bonds is 4. The molecular weight excluding hydrogens is 358 g/mol. The third-order valence-electron chi connectivity index (χ3n) is 3.19. The lowest BCUT2D eigenvalue weighted by Crippen LogP contribution is -2.37. The highest BCUT2D eigenvalue weighted by Gasteiger charge is 2.17. The van der Waals surface area contributed by atoms with Gasteiger partial charge < -0.3 is 10.6 Å². The lowest BCUT2D eigenvalue weighted by atomic mass is 10.2. The number of nitrogens with one attached hydrogen (secondary N) is 2. The number of nitrogens with zero attached hydrogens (tertiary/aromatic N) is 1. The molecule has 1 aliphatic rings. The first-order valence-electron chi connectivity index (χ1n) is 6.45. The van der Waals surface area contributed by atoms with Crippen LogP contribution in [0.1, 0.15) is 23.3 Å². The highest BCUT2D eigenvalue weighted by Crippen LogP contribution is 2.33. The van der Waals surface area contributed by atoms with E-state index in [1.54, 1.807) is 11.3 Å².